The van der Waals surface area contributed by atoms with Crippen molar-refractivity contribution >= 4 is 102 Å². The van der Waals surface area contributed by atoms with E-state index in [2.05, 4.69) is 190 Å². The van der Waals surface area contributed by atoms with Crippen LogP contribution in [0.3, 0.4) is 0 Å². The summed E-state index contributed by atoms with van der Waals surface area (Å²) in [7, 11) is 1.75. The molecule has 1 N–H and O–H groups in total. The number of halogens is 7. The number of ketones is 1. The number of aryl methyl sites for hydroxylation is 9. The predicted octanol–water partition coefficient (Wildman–Crippen LogP) is 20.4. The number of hydrogen-bond acceptors (Lipinski definition) is 8. The van der Waals surface area contributed by atoms with Crippen LogP contribution in [0.1, 0.15) is 98.0 Å². The van der Waals surface area contributed by atoms with E-state index in [1.165, 1.54) is 87.3 Å². The molecule has 1 saturated heterocycles. The van der Waals surface area contributed by atoms with Crippen LogP contribution in [0.25, 0.3) is 0 Å². The Kier molecular flexibility index (Phi) is 48.6. The van der Waals surface area contributed by atoms with Gasteiger partial charge in [-0.15, -0.1) is 23.5 Å². The van der Waals surface area contributed by atoms with Gasteiger partial charge >= 0.3 is 39.3 Å². The van der Waals surface area contributed by atoms with Crippen LogP contribution in [0.5, 0.6) is 0 Å². The molecule has 0 aliphatic carbocycles. The summed E-state index contributed by atoms with van der Waals surface area (Å²) in [5, 5.41) is 10.5. The number of hydrogen-bond donors (Lipinski definition) is 1. The van der Waals surface area contributed by atoms with E-state index in [4.69, 9.17) is 43.4 Å². The van der Waals surface area contributed by atoms with Gasteiger partial charge in [-0.2, -0.15) is 0 Å². The van der Waals surface area contributed by atoms with Crippen molar-refractivity contribution < 1.29 is 60.0 Å². The molecule has 5 aromatic carbocycles. The number of carbonyl (C=O) groups is 1. The van der Waals surface area contributed by atoms with Crippen LogP contribution in [0, 0.1) is 62.3 Å². The summed E-state index contributed by atoms with van der Waals surface area (Å²) < 4.78 is 41.5. The molecule has 0 radical (unpaired) electrons. The molecule has 0 atom stereocenters. The molecule has 0 bridgehead atoms. The number of alkyl halides is 1. The molecule has 6 nitrogen and oxygen atoms in total. The Morgan fingerprint density at radius 1 is 0.534 bits per heavy atom. The van der Waals surface area contributed by atoms with Crippen molar-refractivity contribution in [2.75, 3.05) is 18.7 Å². The minimum Gasteiger partial charge on any atom is 0 e. The van der Waals surface area contributed by atoms with Crippen molar-refractivity contribution in [1.82, 2.24) is 0 Å². The molecule has 0 spiro atoms. The van der Waals surface area contributed by atoms with E-state index < -0.39 is 0 Å². The third-order valence-corrected chi connectivity index (χ3v) is 11.7. The summed E-state index contributed by atoms with van der Waals surface area (Å²) in [5.41, 5.74) is 17.1. The molecule has 5 aromatic rings. The topological polar surface area (TPSA) is 86.7 Å². The first-order chi connectivity index (χ1) is 34.3. The first kappa shape index (κ1) is 75.8. The van der Waals surface area contributed by atoms with Gasteiger partial charge in [0, 0.05) is 52.4 Å². The summed E-state index contributed by atoms with van der Waals surface area (Å²) in [6.07, 6.45) is 2.42. The Balaban J connectivity index is -0.000000441. The third-order valence-electron chi connectivity index (χ3n) is 9.36. The van der Waals surface area contributed by atoms with Gasteiger partial charge in [0.15, 0.2) is 5.78 Å². The first-order valence-electron chi connectivity index (χ1n) is 22.5. The van der Waals surface area contributed by atoms with Crippen molar-refractivity contribution in [2.24, 2.45) is 20.0 Å². The van der Waals surface area contributed by atoms with Crippen molar-refractivity contribution in [3.8, 4) is 0 Å². The van der Waals surface area contributed by atoms with Crippen molar-refractivity contribution in [2.45, 2.75) is 110 Å². The van der Waals surface area contributed by atoms with Crippen LogP contribution in [-0.2, 0) is 32.2 Å². The van der Waals surface area contributed by atoms with Gasteiger partial charge in [-0.25, -0.2) is 9.98 Å². The van der Waals surface area contributed by atoms with Gasteiger partial charge in [-0.1, -0.05) is 129 Å². The van der Waals surface area contributed by atoms with Gasteiger partial charge in [-0.05, 0) is 135 Å². The standard InChI is InChI=1S/C20H22N2S2.C20H24N2.C7H8.C5H8O2.C3H8.CH3F.2BrH.2F2.2Ni/c1-13-7-5-8-14(2)17(13)21-19-20(24-12-11-23-19)22-18-15(3)9-6-10-16(18)4;1-13-9-7-10-14(2)19(13)21-17(5)18(6)22-20-15(3)11-8-12-16(20)4;1-7-5-3-2-4-6-7;1-4(6)3-5(2)7;1-3-2;1-2;;;2*1-2;;/h5-10H,11-12H2,1-4H3;7-12H,1-6H3;2-6H,1H3;3,6H,1-2H3;3H2,1-2H3;1H3;2*1H;;;;/q;;;;;;;;;;;+2/p-2. The SMILES string of the molecule is CC(=Nc1c(C)cccc1C)C(C)=Nc1c(C)cccc1C.CC(=O)C=C(C)O.CCC.CF.Cc1cccc(C)c1N=C1SCCSC1=Nc1c(C)cccc1C.Cc1ccccc1.FF.FF.[Br][Ni][Br].[Ni]. The van der Waals surface area contributed by atoms with Crippen LogP contribution in [0.4, 0.5) is 45.4 Å². The smallest absolute Gasteiger partial charge is 0 e. The quantitative estimate of drug-likeness (QED) is 0.0603. The van der Waals surface area contributed by atoms with Crippen LogP contribution < -0.4 is 0 Å². The van der Waals surface area contributed by atoms with Crippen LogP contribution >= 0.6 is 52.0 Å². The molecule has 410 valence electrons. The number of benzene rings is 5. The molecule has 0 saturated carbocycles. The number of rotatable bonds is 6. The van der Waals surface area contributed by atoms with Gasteiger partial charge in [0.05, 0.1) is 47.1 Å². The average molecular weight is 1270 g/mol. The second-order valence-corrected chi connectivity index (χ2v) is 22.8. The number of carbonyl (C=O) groups excluding carboxylic acids is 1. The second kappa shape index (κ2) is 46.8. The zero-order valence-electron chi connectivity index (χ0n) is 44.8. The normalized spacial score (nSPS) is 12.6. The molecule has 73 heavy (non-hydrogen) atoms. The predicted molar refractivity (Wildman–Crippen MR) is 312 cm³/mol. The molecule has 17 heteroatoms. The van der Waals surface area contributed by atoms with E-state index in [1.54, 1.807) is 0 Å². The zero-order chi connectivity index (χ0) is 55.8. The monoisotopic (exact) mass is 1270 g/mol. The number of aliphatic hydroxyl groups excluding tert-OH is 1. The minimum atomic E-state index is -0.125. The van der Waals surface area contributed by atoms with Crippen LogP contribution in [0.2, 0.25) is 0 Å². The Morgan fingerprint density at radius 2 is 0.781 bits per heavy atom. The molecule has 1 aliphatic rings. The molecule has 0 amide bonds. The number of para-hydroxylation sites is 4. The van der Waals surface area contributed by atoms with Gasteiger partial charge in [0.2, 0.25) is 0 Å². The van der Waals surface area contributed by atoms with Crippen molar-refractivity contribution in [3.05, 3.63) is 165 Å². The third kappa shape index (κ3) is 33.0. The van der Waals surface area contributed by atoms with E-state index in [1.807, 2.05) is 55.6 Å². The van der Waals surface area contributed by atoms with Gasteiger partial charge in [-0.3, -0.25) is 19.2 Å². The van der Waals surface area contributed by atoms with Gasteiger partial charge in [0.1, 0.15) is 10.1 Å². The molecule has 1 fully saturated rings. The fourth-order valence-corrected chi connectivity index (χ4v) is 8.07. The fraction of sp³-hybridized carbons (Fsp3) is 0.339. The maximum absolute atomic E-state index is 10.0. The Hall–Kier alpha value is -3.71. The molecule has 0 aromatic heterocycles. The zero-order valence-corrected chi connectivity index (χ0v) is 51.5. The number of allylic oxidation sites excluding steroid dienone is 2. The summed E-state index contributed by atoms with van der Waals surface area (Å²) in [6, 6.07) is 35.4. The maximum atomic E-state index is 10.0. The van der Waals surface area contributed by atoms with Crippen molar-refractivity contribution in [3.63, 3.8) is 0 Å². The molecule has 0 unspecified atom stereocenters. The van der Waals surface area contributed by atoms with E-state index in [0.29, 0.717) is 7.18 Å². The molecular weight excluding hydrogens is 1200 g/mol. The number of aliphatic imine (C=N–C) groups is 4. The summed E-state index contributed by atoms with van der Waals surface area (Å²) in [4.78, 5) is 29.6. The first-order valence-corrected chi connectivity index (χ1v) is 29.3. The van der Waals surface area contributed by atoms with Crippen LogP contribution in [0.15, 0.2) is 135 Å². The largest absolute Gasteiger partial charge is 0 e. The second-order valence-electron chi connectivity index (χ2n) is 15.7. The van der Waals surface area contributed by atoms with E-state index in [0.717, 1.165) is 55.8 Å². The van der Waals surface area contributed by atoms with Gasteiger partial charge in [0.25, 0.3) is 0 Å². The van der Waals surface area contributed by atoms with Crippen molar-refractivity contribution in [1.29, 1.82) is 0 Å². The van der Waals surface area contributed by atoms with Crippen LogP contribution in [-0.4, -0.2) is 51.1 Å². The molecule has 1 aliphatic heterocycles. The fourth-order valence-electron chi connectivity index (χ4n) is 6.02. The molecule has 6 rings (SSSR count). The maximum Gasteiger partial charge on any atom is 0 e. The molecule has 1 heterocycles. The average Bonchev–Trinajstić information content (AvgIpc) is 3.34. The number of aliphatic hydroxyl groups is 1. The number of thioether (sulfide) groups is 2. The van der Waals surface area contributed by atoms with E-state index >= 15 is 0 Å². The Bertz CT molecular complexity index is 2260. The summed E-state index contributed by atoms with van der Waals surface area (Å²) in [5.74, 6) is 2.10. The summed E-state index contributed by atoms with van der Waals surface area (Å²) in [6.45, 7) is 30.1. The Morgan fingerprint density at radius 3 is 0.973 bits per heavy atom. The Labute approximate surface area is 472 Å². The van der Waals surface area contributed by atoms with E-state index in [9.17, 15) is 9.18 Å². The molecular formula is C56H73Br2F5N4Ni2O2S2. The minimum absolute atomic E-state index is 0. The summed E-state index contributed by atoms with van der Waals surface area (Å²) >= 11 is 9.63. The number of nitrogens with zero attached hydrogens (tertiary/aromatic N) is 4. The van der Waals surface area contributed by atoms with E-state index in [-0.39, 0.29) is 28.0 Å². The van der Waals surface area contributed by atoms with Gasteiger partial charge < -0.3 is 5.11 Å².